The average Bonchev–Trinajstić information content (AvgIpc) is 2.84. The van der Waals surface area contributed by atoms with Crippen LogP contribution in [0.4, 0.5) is 8.78 Å². The number of aromatic nitrogens is 1. The molecule has 7 nitrogen and oxygen atoms in total. The Hall–Kier alpha value is -3.46. The maximum Gasteiger partial charge on any atom is 0.264 e. The quantitative estimate of drug-likeness (QED) is 0.622. The second kappa shape index (κ2) is 9.42. The van der Waals surface area contributed by atoms with Crippen LogP contribution < -0.4 is 20.3 Å². The highest BCUT2D eigenvalue weighted by atomic mass is 19.1. The number of hydrogen-bond donors (Lipinski definition) is 1. The molecule has 1 aromatic heterocycles. The molecule has 5 rings (SSSR count). The van der Waals surface area contributed by atoms with Crippen molar-refractivity contribution in [3.8, 4) is 11.5 Å². The first-order chi connectivity index (χ1) is 16.5. The predicted octanol–water partition coefficient (Wildman–Crippen LogP) is 2.70. The Morgan fingerprint density at radius 2 is 1.79 bits per heavy atom. The zero-order valence-electron chi connectivity index (χ0n) is 18.5. The summed E-state index contributed by atoms with van der Waals surface area (Å²) in [5.74, 6) is -0.394. The molecule has 3 aromatic rings. The molecule has 0 spiro atoms. The zero-order valence-corrected chi connectivity index (χ0v) is 18.5. The van der Waals surface area contributed by atoms with E-state index < -0.39 is 17.7 Å². The first-order valence-electron chi connectivity index (χ1n) is 11.4. The van der Waals surface area contributed by atoms with Crippen LogP contribution in [0.1, 0.15) is 12.8 Å². The first kappa shape index (κ1) is 22.3. The summed E-state index contributed by atoms with van der Waals surface area (Å²) in [6, 6.07) is 12.0. The fourth-order valence-electron chi connectivity index (χ4n) is 4.54. The van der Waals surface area contributed by atoms with E-state index in [2.05, 4.69) is 10.2 Å². The number of carbonyl (C=O) groups is 1. The number of fused-ring (bicyclic) bond motifs is 2. The number of pyridine rings is 1. The van der Waals surface area contributed by atoms with Gasteiger partial charge in [-0.2, -0.15) is 0 Å². The number of nitrogens with one attached hydrogen (secondary N) is 1. The summed E-state index contributed by atoms with van der Waals surface area (Å²) in [5.41, 5.74) is -0.0423. The lowest BCUT2D eigenvalue weighted by molar-refractivity contribution is -0.131. The van der Waals surface area contributed by atoms with Gasteiger partial charge in [-0.25, -0.2) is 8.78 Å². The van der Waals surface area contributed by atoms with Gasteiger partial charge in [0.1, 0.15) is 18.2 Å². The largest absolute Gasteiger partial charge is 0.485 e. The summed E-state index contributed by atoms with van der Waals surface area (Å²) in [5, 5.41) is 3.27. The monoisotopic (exact) mass is 469 g/mol. The molecular weight excluding hydrogens is 444 g/mol. The normalized spacial score (nSPS) is 18.7. The Morgan fingerprint density at radius 1 is 1.03 bits per heavy atom. The first-order valence-corrected chi connectivity index (χ1v) is 11.4. The van der Waals surface area contributed by atoms with Crippen molar-refractivity contribution in [1.82, 2.24) is 14.8 Å². The molecule has 1 fully saturated rings. The predicted molar refractivity (Wildman–Crippen MR) is 122 cm³/mol. The Balaban J connectivity index is 1.14. The van der Waals surface area contributed by atoms with Crippen molar-refractivity contribution in [2.24, 2.45) is 0 Å². The van der Waals surface area contributed by atoms with E-state index in [1.807, 2.05) is 12.1 Å². The second-order valence-corrected chi connectivity index (χ2v) is 8.63. The van der Waals surface area contributed by atoms with E-state index in [0.29, 0.717) is 24.6 Å². The molecule has 34 heavy (non-hydrogen) atoms. The van der Waals surface area contributed by atoms with Gasteiger partial charge in [0, 0.05) is 49.7 Å². The molecule has 1 saturated heterocycles. The second-order valence-electron chi connectivity index (χ2n) is 8.63. The van der Waals surface area contributed by atoms with Gasteiger partial charge >= 0.3 is 0 Å². The highest BCUT2D eigenvalue weighted by molar-refractivity contribution is 5.82. The molecule has 0 saturated carbocycles. The van der Waals surface area contributed by atoms with Crippen molar-refractivity contribution in [2.45, 2.75) is 31.5 Å². The minimum absolute atomic E-state index is 0.0213. The van der Waals surface area contributed by atoms with Crippen molar-refractivity contribution in [2.75, 3.05) is 26.2 Å². The maximum atomic E-state index is 14.1. The molecule has 1 atom stereocenters. The lowest BCUT2D eigenvalue weighted by Gasteiger charge is -2.33. The van der Waals surface area contributed by atoms with Crippen LogP contribution in [0, 0.1) is 11.6 Å². The number of likely N-dealkylation sites (tertiary alicyclic amines) is 1. The summed E-state index contributed by atoms with van der Waals surface area (Å²) in [7, 11) is 0. The number of halogens is 2. The molecule has 1 amide bonds. The van der Waals surface area contributed by atoms with Gasteiger partial charge in [0.15, 0.2) is 11.5 Å². The lowest BCUT2D eigenvalue weighted by Crippen LogP contribution is -2.51. The number of carbonyl (C=O) groups excluding carboxylic acids is 1. The fourth-order valence-corrected chi connectivity index (χ4v) is 4.54. The van der Waals surface area contributed by atoms with Crippen LogP contribution in [0.2, 0.25) is 0 Å². The molecule has 0 radical (unpaired) electrons. The number of nitrogens with zero attached hydrogens (tertiary/aromatic N) is 2. The third-order valence-corrected chi connectivity index (χ3v) is 6.40. The van der Waals surface area contributed by atoms with Gasteiger partial charge in [-0.05, 0) is 37.1 Å². The van der Waals surface area contributed by atoms with Crippen LogP contribution in [0.15, 0.2) is 53.3 Å². The molecule has 0 aliphatic carbocycles. The third-order valence-electron chi connectivity index (χ3n) is 6.40. The number of para-hydroxylation sites is 2. The Labute approximate surface area is 194 Å². The number of amides is 1. The highest BCUT2D eigenvalue weighted by Gasteiger charge is 2.30. The molecule has 1 unspecified atom stereocenters. The van der Waals surface area contributed by atoms with Gasteiger partial charge in [-0.15, -0.1) is 0 Å². The standard InChI is InChI=1S/C25H25F2N3O4/c26-16-13-19(27)18-5-6-24(31)30(20(18)14-16)12-11-29-9-7-17(8-10-29)28-25(32)23-15-33-21-3-1-2-4-22(21)34-23/h1-6,13-14,17,23H,7-12,15H2,(H,28,32). The molecule has 178 valence electrons. The third kappa shape index (κ3) is 4.61. The van der Waals surface area contributed by atoms with Crippen molar-refractivity contribution >= 4 is 16.8 Å². The van der Waals surface area contributed by atoms with E-state index in [1.165, 1.54) is 22.8 Å². The van der Waals surface area contributed by atoms with E-state index >= 15 is 0 Å². The van der Waals surface area contributed by atoms with E-state index in [4.69, 9.17) is 9.47 Å². The van der Waals surface area contributed by atoms with Crippen molar-refractivity contribution in [1.29, 1.82) is 0 Å². The molecular formula is C25H25F2N3O4. The Kier molecular flexibility index (Phi) is 6.19. The summed E-state index contributed by atoms with van der Waals surface area (Å²) in [4.78, 5) is 27.2. The van der Waals surface area contributed by atoms with Crippen molar-refractivity contribution < 1.29 is 23.0 Å². The van der Waals surface area contributed by atoms with Gasteiger partial charge < -0.3 is 24.3 Å². The van der Waals surface area contributed by atoms with Crippen molar-refractivity contribution in [3.63, 3.8) is 0 Å². The van der Waals surface area contributed by atoms with Crippen LogP contribution in [-0.2, 0) is 11.3 Å². The van der Waals surface area contributed by atoms with Gasteiger partial charge in [0.05, 0.1) is 5.52 Å². The summed E-state index contributed by atoms with van der Waals surface area (Å²) in [6.45, 7) is 2.52. The van der Waals surface area contributed by atoms with E-state index in [0.717, 1.165) is 32.0 Å². The van der Waals surface area contributed by atoms with Crippen LogP contribution in [-0.4, -0.2) is 53.8 Å². The minimum Gasteiger partial charge on any atom is -0.485 e. The van der Waals surface area contributed by atoms with Gasteiger partial charge in [0.2, 0.25) is 6.10 Å². The number of ether oxygens (including phenoxy) is 2. The Bertz CT molecular complexity index is 1270. The van der Waals surface area contributed by atoms with E-state index in [9.17, 15) is 18.4 Å². The highest BCUT2D eigenvalue weighted by Crippen LogP contribution is 2.31. The maximum absolute atomic E-state index is 14.1. The molecule has 1 N–H and O–H groups in total. The topological polar surface area (TPSA) is 72.8 Å². The molecule has 9 heteroatoms. The summed E-state index contributed by atoms with van der Waals surface area (Å²) in [6.07, 6.45) is 0.819. The smallest absolute Gasteiger partial charge is 0.264 e. The van der Waals surface area contributed by atoms with Gasteiger partial charge in [-0.1, -0.05) is 12.1 Å². The number of benzene rings is 2. The van der Waals surface area contributed by atoms with Crippen LogP contribution >= 0.6 is 0 Å². The fraction of sp³-hybridized carbons (Fsp3) is 0.360. The molecule has 2 aliphatic heterocycles. The van der Waals surface area contributed by atoms with Gasteiger partial charge in [0.25, 0.3) is 11.5 Å². The van der Waals surface area contributed by atoms with E-state index in [-0.39, 0.29) is 35.0 Å². The lowest BCUT2D eigenvalue weighted by atomic mass is 10.0. The van der Waals surface area contributed by atoms with E-state index in [1.54, 1.807) is 12.1 Å². The summed E-state index contributed by atoms with van der Waals surface area (Å²) >= 11 is 0. The molecule has 0 bridgehead atoms. The number of rotatable bonds is 5. The van der Waals surface area contributed by atoms with Crippen LogP contribution in [0.3, 0.4) is 0 Å². The number of hydrogen-bond acceptors (Lipinski definition) is 5. The average molecular weight is 469 g/mol. The molecule has 2 aliphatic rings. The van der Waals surface area contributed by atoms with Crippen LogP contribution in [0.5, 0.6) is 11.5 Å². The minimum atomic E-state index is -0.711. The van der Waals surface area contributed by atoms with Crippen LogP contribution in [0.25, 0.3) is 10.9 Å². The van der Waals surface area contributed by atoms with Crippen molar-refractivity contribution in [3.05, 3.63) is 70.5 Å². The number of piperidine rings is 1. The Morgan fingerprint density at radius 3 is 2.59 bits per heavy atom. The molecule has 2 aromatic carbocycles. The molecule has 3 heterocycles. The zero-order chi connectivity index (χ0) is 23.7. The van der Waals surface area contributed by atoms with Gasteiger partial charge in [-0.3, -0.25) is 9.59 Å². The summed E-state index contributed by atoms with van der Waals surface area (Å²) < 4.78 is 40.6. The SMILES string of the molecule is O=C(NC1CCN(CCn2c(=O)ccc3c(F)cc(F)cc32)CC1)C1COc2ccccc2O1.